The first-order chi connectivity index (χ1) is 10.5. The zero-order valence-corrected chi connectivity index (χ0v) is 11.6. The third kappa shape index (κ3) is 2.71. The maximum Gasteiger partial charge on any atom is 0.361 e. The summed E-state index contributed by atoms with van der Waals surface area (Å²) in [6, 6.07) is 1.77. The normalized spacial score (nSPS) is 10.3. The number of nitrogens with zero attached hydrogens (tertiary/aromatic N) is 3. The molecular formula is C12H11FN4O5. The number of hydrogen-bond acceptors (Lipinski definition) is 7. The van der Waals surface area contributed by atoms with Gasteiger partial charge in [0, 0.05) is 17.7 Å². The monoisotopic (exact) mass is 310 g/mol. The highest BCUT2D eigenvalue weighted by atomic mass is 19.1. The molecule has 0 saturated heterocycles. The van der Waals surface area contributed by atoms with Gasteiger partial charge in [-0.2, -0.15) is 10.3 Å². The third-order valence-corrected chi connectivity index (χ3v) is 2.74. The van der Waals surface area contributed by atoms with E-state index in [0.717, 1.165) is 12.1 Å². The number of H-pyrrole nitrogens is 1. The van der Waals surface area contributed by atoms with Gasteiger partial charge in [-0.15, -0.1) is 5.10 Å². The van der Waals surface area contributed by atoms with Crippen LogP contribution in [0.2, 0.25) is 0 Å². The molecule has 0 radical (unpaired) electrons. The summed E-state index contributed by atoms with van der Waals surface area (Å²) in [6.45, 7) is 1.69. The molecule has 10 heteroatoms. The third-order valence-electron chi connectivity index (χ3n) is 2.74. The predicted octanol–water partition coefficient (Wildman–Crippen LogP) is 1.70. The molecule has 0 unspecified atom stereocenters. The van der Waals surface area contributed by atoms with Crippen LogP contribution in [0.25, 0.3) is 11.3 Å². The Morgan fingerprint density at radius 3 is 2.77 bits per heavy atom. The molecular weight excluding hydrogens is 299 g/mol. The van der Waals surface area contributed by atoms with Crippen molar-refractivity contribution in [3.8, 4) is 17.0 Å². The highest BCUT2D eigenvalue weighted by molar-refractivity contribution is 5.94. The lowest BCUT2D eigenvalue weighted by Crippen LogP contribution is -2.07. The van der Waals surface area contributed by atoms with Crippen molar-refractivity contribution in [1.29, 1.82) is 0 Å². The Hall–Kier alpha value is -3.04. The Balaban J connectivity index is 2.59. The minimum absolute atomic E-state index is 0.0936. The van der Waals surface area contributed by atoms with Crippen LogP contribution in [0.5, 0.6) is 5.75 Å². The van der Waals surface area contributed by atoms with E-state index in [1.807, 2.05) is 0 Å². The van der Waals surface area contributed by atoms with E-state index in [2.05, 4.69) is 15.4 Å². The first-order valence-electron chi connectivity index (χ1n) is 6.09. The average molecular weight is 310 g/mol. The van der Waals surface area contributed by atoms with E-state index in [-0.39, 0.29) is 29.3 Å². The number of esters is 1. The number of nitro groups is 1. The number of rotatable bonds is 5. The van der Waals surface area contributed by atoms with Gasteiger partial charge in [-0.3, -0.25) is 10.1 Å². The molecule has 0 aliphatic heterocycles. The maximum absolute atomic E-state index is 14.1. The number of carbonyl (C=O) groups excluding carboxylic acids is 1. The molecule has 0 fully saturated rings. The highest BCUT2D eigenvalue weighted by Gasteiger charge is 2.26. The minimum atomic E-state index is -0.845. The van der Waals surface area contributed by atoms with Crippen LogP contribution in [-0.4, -0.2) is 40.0 Å². The Labute approximate surface area is 123 Å². The van der Waals surface area contributed by atoms with E-state index < -0.39 is 22.4 Å². The lowest BCUT2D eigenvalue weighted by Gasteiger charge is -2.06. The van der Waals surface area contributed by atoms with Crippen LogP contribution in [0.3, 0.4) is 0 Å². The van der Waals surface area contributed by atoms with Gasteiger partial charge in [0.25, 0.3) is 0 Å². The molecule has 0 amide bonds. The number of nitrogens with one attached hydrogen (secondary N) is 1. The lowest BCUT2D eigenvalue weighted by molar-refractivity contribution is -0.385. The van der Waals surface area contributed by atoms with Gasteiger partial charge in [0.05, 0.1) is 18.6 Å². The fourth-order valence-corrected chi connectivity index (χ4v) is 1.79. The van der Waals surface area contributed by atoms with Crippen molar-refractivity contribution < 1.29 is 23.6 Å². The topological polar surface area (TPSA) is 120 Å². The number of aromatic nitrogens is 3. The first-order valence-corrected chi connectivity index (χ1v) is 6.09. The van der Waals surface area contributed by atoms with Crippen molar-refractivity contribution in [2.24, 2.45) is 0 Å². The molecule has 9 nitrogen and oxygen atoms in total. The molecule has 116 valence electrons. The van der Waals surface area contributed by atoms with Gasteiger partial charge in [0.15, 0.2) is 11.4 Å². The molecule has 0 atom stereocenters. The van der Waals surface area contributed by atoms with Crippen molar-refractivity contribution >= 4 is 11.7 Å². The van der Waals surface area contributed by atoms with Crippen LogP contribution < -0.4 is 4.74 Å². The summed E-state index contributed by atoms with van der Waals surface area (Å²) in [5, 5.41) is 20.4. The molecule has 2 rings (SSSR count). The van der Waals surface area contributed by atoms with E-state index in [0.29, 0.717) is 0 Å². The maximum atomic E-state index is 14.1. The van der Waals surface area contributed by atoms with Crippen LogP contribution >= 0.6 is 0 Å². The molecule has 0 saturated carbocycles. The average Bonchev–Trinajstić information content (AvgIpc) is 2.96. The number of nitro benzene ring substituents is 1. The number of ether oxygens (including phenoxy) is 2. The SMILES string of the molecule is CCOC(=O)c1n[nH]nc1-c1cc([N+](=O)[O-])c(OC)cc1F. The largest absolute Gasteiger partial charge is 0.490 e. The molecule has 0 spiro atoms. The molecule has 0 aliphatic rings. The van der Waals surface area contributed by atoms with E-state index >= 15 is 0 Å². The molecule has 0 aliphatic carbocycles. The fraction of sp³-hybridized carbons (Fsp3) is 0.250. The second kappa shape index (κ2) is 6.16. The van der Waals surface area contributed by atoms with Crippen LogP contribution in [-0.2, 0) is 4.74 Å². The van der Waals surface area contributed by atoms with Crippen LogP contribution in [0, 0.1) is 15.9 Å². The van der Waals surface area contributed by atoms with Crippen molar-refractivity contribution in [2.75, 3.05) is 13.7 Å². The number of carbonyl (C=O) groups is 1. The Morgan fingerprint density at radius 2 is 2.18 bits per heavy atom. The van der Waals surface area contributed by atoms with Gasteiger partial charge in [-0.05, 0) is 6.92 Å². The predicted molar refractivity (Wildman–Crippen MR) is 70.9 cm³/mol. The van der Waals surface area contributed by atoms with E-state index in [4.69, 9.17) is 9.47 Å². The minimum Gasteiger partial charge on any atom is -0.490 e. The molecule has 1 aromatic heterocycles. The summed E-state index contributed by atoms with van der Waals surface area (Å²) in [6.07, 6.45) is 0. The van der Waals surface area contributed by atoms with Crippen molar-refractivity contribution in [3.63, 3.8) is 0 Å². The van der Waals surface area contributed by atoms with Gasteiger partial charge >= 0.3 is 11.7 Å². The van der Waals surface area contributed by atoms with Gasteiger partial charge in [0.1, 0.15) is 11.5 Å². The number of benzene rings is 1. The summed E-state index contributed by atoms with van der Waals surface area (Å²) in [5.41, 5.74) is -1.16. The molecule has 1 aromatic carbocycles. The van der Waals surface area contributed by atoms with Crippen molar-refractivity contribution in [2.45, 2.75) is 6.92 Å². The van der Waals surface area contributed by atoms with Crippen LogP contribution in [0.4, 0.5) is 10.1 Å². The van der Waals surface area contributed by atoms with E-state index in [9.17, 15) is 19.3 Å². The summed E-state index contributed by atoms with van der Waals surface area (Å²) < 4.78 is 23.7. The van der Waals surface area contributed by atoms with Gasteiger partial charge < -0.3 is 9.47 Å². The number of hydrogen-bond donors (Lipinski definition) is 1. The smallest absolute Gasteiger partial charge is 0.361 e. The van der Waals surface area contributed by atoms with Crippen molar-refractivity contribution in [1.82, 2.24) is 15.4 Å². The number of methoxy groups -OCH3 is 1. The van der Waals surface area contributed by atoms with Crippen LogP contribution in [0.15, 0.2) is 12.1 Å². The summed E-state index contributed by atoms with van der Waals surface area (Å²) in [4.78, 5) is 22.0. The van der Waals surface area contributed by atoms with Crippen molar-refractivity contribution in [3.05, 3.63) is 33.8 Å². The van der Waals surface area contributed by atoms with E-state index in [1.165, 1.54) is 7.11 Å². The Kier molecular flexibility index (Phi) is 4.30. The molecule has 22 heavy (non-hydrogen) atoms. The quantitative estimate of drug-likeness (QED) is 0.507. The second-order valence-corrected chi connectivity index (χ2v) is 4.00. The standard InChI is InChI=1S/C12H11FN4O5/c1-3-22-12(18)11-10(14-16-15-11)6-4-8(17(19)20)9(21-2)5-7(6)13/h4-5H,3H2,1-2H3,(H,14,15,16). The first kappa shape index (κ1) is 15.4. The van der Waals surface area contributed by atoms with E-state index in [1.54, 1.807) is 6.92 Å². The molecule has 0 bridgehead atoms. The zero-order valence-electron chi connectivity index (χ0n) is 11.6. The second-order valence-electron chi connectivity index (χ2n) is 4.00. The van der Waals surface area contributed by atoms with Crippen LogP contribution in [0.1, 0.15) is 17.4 Å². The molecule has 1 heterocycles. The highest BCUT2D eigenvalue weighted by Crippen LogP contribution is 2.34. The molecule has 2 aromatic rings. The Bertz CT molecular complexity index is 730. The number of halogens is 1. The Morgan fingerprint density at radius 1 is 1.45 bits per heavy atom. The lowest BCUT2D eigenvalue weighted by atomic mass is 10.1. The molecule has 1 N–H and O–H groups in total. The summed E-state index contributed by atoms with van der Waals surface area (Å²) in [5.74, 6) is -1.90. The van der Waals surface area contributed by atoms with Gasteiger partial charge in [0.2, 0.25) is 0 Å². The zero-order chi connectivity index (χ0) is 16.3. The van der Waals surface area contributed by atoms with Gasteiger partial charge in [-0.1, -0.05) is 0 Å². The fourth-order valence-electron chi connectivity index (χ4n) is 1.79. The number of aromatic amines is 1. The summed E-state index contributed by atoms with van der Waals surface area (Å²) >= 11 is 0. The summed E-state index contributed by atoms with van der Waals surface area (Å²) in [7, 11) is 1.18. The van der Waals surface area contributed by atoms with Gasteiger partial charge in [-0.25, -0.2) is 9.18 Å².